The van der Waals surface area contributed by atoms with E-state index in [4.69, 9.17) is 5.53 Å². The highest BCUT2D eigenvalue weighted by Gasteiger charge is 2.00. The molecule has 0 N–H and O–H groups in total. The van der Waals surface area contributed by atoms with Gasteiger partial charge in [-0.3, -0.25) is 4.79 Å². The van der Waals surface area contributed by atoms with E-state index >= 15 is 0 Å². The van der Waals surface area contributed by atoms with E-state index < -0.39 is 0 Å². The molecule has 4 nitrogen and oxygen atoms in total. The number of hydrogen-bond acceptors (Lipinski definition) is 2. The smallest absolute Gasteiger partial charge is 0.185 e. The van der Waals surface area contributed by atoms with E-state index in [0.29, 0.717) is 11.3 Å². The number of carbonyl (C=O) groups excluding carboxylic acids is 1. The molecule has 2 rings (SSSR count). The Kier molecular flexibility index (Phi) is 4.11. The Hall–Kier alpha value is -2.84. The van der Waals surface area contributed by atoms with Gasteiger partial charge in [0.25, 0.3) is 0 Å². The molecule has 0 aliphatic carbocycles. The fourth-order valence-electron chi connectivity index (χ4n) is 1.58. The topological polar surface area (TPSA) is 65.8 Å². The number of allylic oxidation sites excluding steroid dienone is 1. The molecular weight excluding hydrogens is 238 g/mol. The first-order chi connectivity index (χ1) is 9.29. The van der Waals surface area contributed by atoms with Gasteiger partial charge in [-0.25, -0.2) is 0 Å². The molecule has 0 atom stereocenters. The van der Waals surface area contributed by atoms with Gasteiger partial charge < -0.3 is 0 Å². The number of benzene rings is 2. The third-order valence-electron chi connectivity index (χ3n) is 2.54. The molecule has 0 amide bonds. The monoisotopic (exact) mass is 249 g/mol. The first kappa shape index (κ1) is 12.6. The second-order valence-electron chi connectivity index (χ2n) is 3.84. The molecule has 0 fully saturated rings. The van der Waals surface area contributed by atoms with E-state index in [0.717, 1.165) is 5.56 Å². The van der Waals surface area contributed by atoms with Gasteiger partial charge in [-0.1, -0.05) is 65.8 Å². The molecule has 0 unspecified atom stereocenters. The molecule has 2 aromatic carbocycles. The summed E-state index contributed by atoms with van der Waals surface area (Å²) in [4.78, 5) is 14.6. The SMILES string of the molecule is [N-]=[N+]=Nc1ccc(C(=O)/C=C/c2ccccc2)cc1. The van der Waals surface area contributed by atoms with Crippen LogP contribution in [0.1, 0.15) is 15.9 Å². The molecule has 0 aliphatic rings. The van der Waals surface area contributed by atoms with Crippen LogP contribution in [0.25, 0.3) is 16.5 Å². The van der Waals surface area contributed by atoms with Crippen LogP contribution in [0.3, 0.4) is 0 Å². The van der Waals surface area contributed by atoms with Gasteiger partial charge in [0.2, 0.25) is 0 Å². The van der Waals surface area contributed by atoms with E-state index in [9.17, 15) is 4.79 Å². The van der Waals surface area contributed by atoms with Crippen LogP contribution < -0.4 is 0 Å². The highest BCUT2D eigenvalue weighted by molar-refractivity contribution is 6.06. The lowest BCUT2D eigenvalue weighted by atomic mass is 10.1. The van der Waals surface area contributed by atoms with Crippen molar-refractivity contribution in [1.82, 2.24) is 0 Å². The summed E-state index contributed by atoms with van der Waals surface area (Å²) in [7, 11) is 0. The van der Waals surface area contributed by atoms with Gasteiger partial charge in [0, 0.05) is 16.2 Å². The van der Waals surface area contributed by atoms with Crippen molar-refractivity contribution in [2.45, 2.75) is 0 Å². The maximum Gasteiger partial charge on any atom is 0.185 e. The second kappa shape index (κ2) is 6.19. The van der Waals surface area contributed by atoms with Crippen LogP contribution in [0.5, 0.6) is 0 Å². The van der Waals surface area contributed by atoms with Gasteiger partial charge >= 0.3 is 0 Å². The third kappa shape index (κ3) is 3.56. The summed E-state index contributed by atoms with van der Waals surface area (Å²) in [5.41, 5.74) is 10.3. The van der Waals surface area contributed by atoms with Crippen molar-refractivity contribution in [3.8, 4) is 0 Å². The lowest BCUT2D eigenvalue weighted by Crippen LogP contribution is -1.92. The van der Waals surface area contributed by atoms with Gasteiger partial charge in [0.15, 0.2) is 5.78 Å². The summed E-state index contributed by atoms with van der Waals surface area (Å²) in [6.07, 6.45) is 3.29. The Morgan fingerprint density at radius 3 is 2.37 bits per heavy atom. The largest absolute Gasteiger partial charge is 0.289 e. The minimum atomic E-state index is -0.0867. The van der Waals surface area contributed by atoms with Crippen molar-refractivity contribution < 1.29 is 4.79 Å². The van der Waals surface area contributed by atoms with Crippen LogP contribution in [0.2, 0.25) is 0 Å². The fourth-order valence-corrected chi connectivity index (χ4v) is 1.58. The van der Waals surface area contributed by atoms with Crippen molar-refractivity contribution in [3.05, 3.63) is 82.2 Å². The van der Waals surface area contributed by atoms with E-state index in [1.807, 2.05) is 30.3 Å². The minimum Gasteiger partial charge on any atom is -0.289 e. The zero-order valence-electron chi connectivity index (χ0n) is 10.1. The van der Waals surface area contributed by atoms with Gasteiger partial charge in [-0.05, 0) is 17.2 Å². The summed E-state index contributed by atoms with van der Waals surface area (Å²) in [5.74, 6) is -0.0867. The van der Waals surface area contributed by atoms with E-state index in [-0.39, 0.29) is 5.78 Å². The van der Waals surface area contributed by atoms with Crippen molar-refractivity contribution in [2.24, 2.45) is 5.11 Å². The molecule has 0 heterocycles. The quantitative estimate of drug-likeness (QED) is 0.258. The fraction of sp³-hybridized carbons (Fsp3) is 0. The predicted octanol–water partition coefficient (Wildman–Crippen LogP) is 4.52. The highest BCUT2D eigenvalue weighted by Crippen LogP contribution is 2.14. The lowest BCUT2D eigenvalue weighted by Gasteiger charge is -1.96. The molecule has 0 saturated carbocycles. The average Bonchev–Trinajstić information content (AvgIpc) is 2.47. The summed E-state index contributed by atoms with van der Waals surface area (Å²) < 4.78 is 0. The summed E-state index contributed by atoms with van der Waals surface area (Å²) >= 11 is 0. The number of hydrogen-bond donors (Lipinski definition) is 0. The Morgan fingerprint density at radius 1 is 1.05 bits per heavy atom. The Labute approximate surface area is 110 Å². The van der Waals surface area contributed by atoms with Crippen molar-refractivity contribution in [1.29, 1.82) is 0 Å². The number of carbonyl (C=O) groups is 1. The molecule has 0 aliphatic heterocycles. The number of rotatable bonds is 4. The molecular formula is C15H11N3O. The zero-order valence-corrected chi connectivity index (χ0v) is 10.1. The maximum absolute atomic E-state index is 11.9. The van der Waals surface area contributed by atoms with Gasteiger partial charge in [0.05, 0.1) is 0 Å². The number of nitrogens with zero attached hydrogens (tertiary/aromatic N) is 3. The van der Waals surface area contributed by atoms with E-state index in [1.165, 1.54) is 6.08 Å². The molecule has 92 valence electrons. The second-order valence-corrected chi connectivity index (χ2v) is 3.84. The molecule has 2 aromatic rings. The van der Waals surface area contributed by atoms with Crippen LogP contribution in [0.15, 0.2) is 65.8 Å². The molecule has 0 aromatic heterocycles. The number of azide groups is 1. The molecule has 19 heavy (non-hydrogen) atoms. The summed E-state index contributed by atoms with van der Waals surface area (Å²) in [6, 6.07) is 16.1. The average molecular weight is 249 g/mol. The molecule has 0 bridgehead atoms. The lowest BCUT2D eigenvalue weighted by molar-refractivity contribution is 0.104. The van der Waals surface area contributed by atoms with Crippen molar-refractivity contribution in [2.75, 3.05) is 0 Å². The molecule has 4 heteroatoms. The van der Waals surface area contributed by atoms with Crippen LogP contribution >= 0.6 is 0 Å². The van der Waals surface area contributed by atoms with Crippen LogP contribution in [0, 0.1) is 0 Å². The number of ketones is 1. The highest BCUT2D eigenvalue weighted by atomic mass is 16.1. The van der Waals surface area contributed by atoms with Crippen LogP contribution in [-0.2, 0) is 0 Å². The van der Waals surface area contributed by atoms with Gasteiger partial charge in [-0.2, -0.15) is 0 Å². The third-order valence-corrected chi connectivity index (χ3v) is 2.54. The van der Waals surface area contributed by atoms with Gasteiger partial charge in [-0.15, -0.1) is 0 Å². The predicted molar refractivity (Wildman–Crippen MR) is 75.1 cm³/mol. The molecule has 0 spiro atoms. The Bertz CT molecular complexity index is 639. The minimum absolute atomic E-state index is 0.0867. The van der Waals surface area contributed by atoms with E-state index in [2.05, 4.69) is 10.0 Å². The molecule has 0 saturated heterocycles. The maximum atomic E-state index is 11.9. The van der Waals surface area contributed by atoms with Crippen LogP contribution in [-0.4, -0.2) is 5.78 Å². The first-order valence-electron chi connectivity index (χ1n) is 5.72. The summed E-state index contributed by atoms with van der Waals surface area (Å²) in [6.45, 7) is 0. The Balaban J connectivity index is 2.12. The first-order valence-corrected chi connectivity index (χ1v) is 5.72. The standard InChI is InChI=1S/C15H11N3O/c16-18-17-14-9-7-13(8-10-14)15(19)11-6-12-4-2-1-3-5-12/h1-11H/b11-6+. The van der Waals surface area contributed by atoms with Crippen molar-refractivity contribution >= 4 is 17.5 Å². The van der Waals surface area contributed by atoms with Crippen molar-refractivity contribution in [3.63, 3.8) is 0 Å². The zero-order chi connectivity index (χ0) is 13.5. The molecule has 0 radical (unpaired) electrons. The summed E-state index contributed by atoms with van der Waals surface area (Å²) in [5, 5.41) is 3.45. The van der Waals surface area contributed by atoms with E-state index in [1.54, 1.807) is 30.3 Å². The van der Waals surface area contributed by atoms with Gasteiger partial charge in [0.1, 0.15) is 0 Å². The van der Waals surface area contributed by atoms with Crippen LogP contribution in [0.4, 0.5) is 5.69 Å². The Morgan fingerprint density at radius 2 is 1.74 bits per heavy atom. The normalized spacial score (nSPS) is 10.1.